The molecular formula is C19H20F3N3O5S2. The van der Waals surface area contributed by atoms with E-state index < -0.39 is 44.7 Å². The summed E-state index contributed by atoms with van der Waals surface area (Å²) in [5, 5.41) is 1.95. The van der Waals surface area contributed by atoms with E-state index in [1.54, 1.807) is 13.8 Å². The molecule has 13 heteroatoms. The van der Waals surface area contributed by atoms with E-state index in [0.29, 0.717) is 11.3 Å². The molecular weight excluding hydrogens is 471 g/mol. The molecule has 0 bridgehead atoms. The Kier molecular flexibility index (Phi) is 6.39. The fraction of sp³-hybridized carbons (Fsp3) is 0.368. The number of primary amides is 1. The van der Waals surface area contributed by atoms with Crippen molar-refractivity contribution in [3.63, 3.8) is 0 Å². The molecule has 1 saturated heterocycles. The summed E-state index contributed by atoms with van der Waals surface area (Å²) in [6, 6.07) is 5.12. The van der Waals surface area contributed by atoms with Crippen LogP contribution in [0.15, 0.2) is 34.5 Å². The Balaban J connectivity index is 2.00. The number of halogens is 3. The third-order valence-electron chi connectivity index (χ3n) is 4.79. The van der Waals surface area contributed by atoms with Gasteiger partial charge in [-0.15, -0.1) is 11.3 Å². The first-order valence-electron chi connectivity index (χ1n) is 9.27. The van der Waals surface area contributed by atoms with Crippen LogP contribution in [0.25, 0.3) is 0 Å². The van der Waals surface area contributed by atoms with Gasteiger partial charge >= 0.3 is 6.18 Å². The number of nitrogens with two attached hydrogens (primary N) is 1. The van der Waals surface area contributed by atoms with Gasteiger partial charge in [0, 0.05) is 6.54 Å². The minimum absolute atomic E-state index is 0.0692. The molecule has 8 nitrogen and oxygen atoms in total. The number of rotatable bonds is 5. The predicted molar refractivity (Wildman–Crippen MR) is 111 cm³/mol. The molecule has 1 aromatic heterocycles. The Hall–Kier alpha value is -2.48. The molecule has 0 aliphatic carbocycles. The zero-order valence-corrected chi connectivity index (χ0v) is 18.7. The number of sulfonamides is 1. The van der Waals surface area contributed by atoms with Gasteiger partial charge in [-0.25, -0.2) is 8.42 Å². The zero-order valence-electron chi connectivity index (χ0n) is 17.0. The number of anilines is 1. The van der Waals surface area contributed by atoms with Gasteiger partial charge in [0.2, 0.25) is 0 Å². The molecule has 3 N–H and O–H groups in total. The molecule has 2 aromatic rings. The van der Waals surface area contributed by atoms with Crippen LogP contribution in [-0.2, 0) is 20.9 Å². The lowest BCUT2D eigenvalue weighted by Crippen LogP contribution is -2.55. The van der Waals surface area contributed by atoms with Crippen LogP contribution in [0, 0.1) is 0 Å². The first-order valence-corrected chi connectivity index (χ1v) is 11.5. The second kappa shape index (κ2) is 8.46. The van der Waals surface area contributed by atoms with Gasteiger partial charge in [-0.1, -0.05) is 12.1 Å². The van der Waals surface area contributed by atoms with Crippen molar-refractivity contribution in [2.24, 2.45) is 5.73 Å². The van der Waals surface area contributed by atoms with E-state index in [0.717, 1.165) is 24.3 Å². The first-order chi connectivity index (χ1) is 14.7. The van der Waals surface area contributed by atoms with Crippen molar-refractivity contribution in [2.75, 3.05) is 25.1 Å². The van der Waals surface area contributed by atoms with Gasteiger partial charge in [-0.2, -0.15) is 17.5 Å². The number of thiophene rings is 1. The number of carbonyl (C=O) groups excluding carboxylic acids is 2. The van der Waals surface area contributed by atoms with Gasteiger partial charge in [0.05, 0.1) is 35.4 Å². The smallest absolute Gasteiger partial charge is 0.378 e. The molecule has 3 rings (SSSR count). The molecule has 0 radical (unpaired) electrons. The highest BCUT2D eigenvalue weighted by molar-refractivity contribution is 7.91. The van der Waals surface area contributed by atoms with Crippen molar-refractivity contribution in [1.29, 1.82) is 0 Å². The normalized spacial score (nSPS) is 17.2. The second-order valence-electron chi connectivity index (χ2n) is 7.61. The van der Waals surface area contributed by atoms with Crippen LogP contribution in [-0.4, -0.2) is 49.8 Å². The van der Waals surface area contributed by atoms with E-state index >= 15 is 0 Å². The standard InChI is InChI=1S/C19H20F3N3O5S2/c1-18(2)10-30-8-7-25(18)32(28,29)14-9-12(15(23)26)17(31-14)24-16(27)11-5-3-4-6-13(11)19(20,21)22/h3-6,9H,7-8,10H2,1-2H3,(H2,23,26)(H,24,27). The summed E-state index contributed by atoms with van der Waals surface area (Å²) in [4.78, 5) is 24.5. The summed E-state index contributed by atoms with van der Waals surface area (Å²) in [7, 11) is -4.10. The monoisotopic (exact) mass is 491 g/mol. The van der Waals surface area contributed by atoms with E-state index in [2.05, 4.69) is 5.32 Å². The van der Waals surface area contributed by atoms with Gasteiger partial charge in [0.15, 0.2) is 0 Å². The lowest BCUT2D eigenvalue weighted by Gasteiger charge is -2.40. The molecule has 1 fully saturated rings. The van der Waals surface area contributed by atoms with Crippen LogP contribution < -0.4 is 11.1 Å². The highest BCUT2D eigenvalue weighted by atomic mass is 32.2. The van der Waals surface area contributed by atoms with E-state index in [1.165, 1.54) is 10.4 Å². The quantitative estimate of drug-likeness (QED) is 0.667. The summed E-state index contributed by atoms with van der Waals surface area (Å²) >= 11 is 0.541. The molecule has 1 aromatic carbocycles. The predicted octanol–water partition coefficient (Wildman–Crippen LogP) is 2.92. The van der Waals surface area contributed by atoms with E-state index in [-0.39, 0.29) is 34.5 Å². The Morgan fingerprint density at radius 1 is 1.22 bits per heavy atom. The lowest BCUT2D eigenvalue weighted by molar-refractivity contribution is -0.137. The van der Waals surface area contributed by atoms with Crippen LogP contribution in [0.2, 0.25) is 0 Å². The minimum atomic E-state index is -4.79. The number of morpholine rings is 1. The van der Waals surface area contributed by atoms with Crippen LogP contribution >= 0.6 is 11.3 Å². The van der Waals surface area contributed by atoms with Gasteiger partial charge < -0.3 is 15.8 Å². The van der Waals surface area contributed by atoms with E-state index in [1.807, 2.05) is 0 Å². The van der Waals surface area contributed by atoms with Crippen molar-refractivity contribution in [3.8, 4) is 0 Å². The Bertz CT molecular complexity index is 1160. The van der Waals surface area contributed by atoms with Crippen LogP contribution in [0.1, 0.15) is 40.1 Å². The lowest BCUT2D eigenvalue weighted by atomic mass is 10.1. The Morgan fingerprint density at radius 2 is 1.88 bits per heavy atom. The molecule has 2 amide bonds. The summed E-state index contributed by atoms with van der Waals surface area (Å²) < 4.78 is 72.4. The molecule has 1 aliphatic rings. The maximum atomic E-state index is 13.2. The molecule has 0 atom stereocenters. The van der Waals surface area contributed by atoms with Crippen molar-refractivity contribution >= 4 is 38.2 Å². The van der Waals surface area contributed by atoms with Crippen molar-refractivity contribution in [2.45, 2.75) is 29.8 Å². The molecule has 2 heterocycles. The van der Waals surface area contributed by atoms with Crippen molar-refractivity contribution in [3.05, 3.63) is 47.0 Å². The summed E-state index contributed by atoms with van der Waals surface area (Å²) in [5.41, 5.74) is 2.28. The van der Waals surface area contributed by atoms with Gasteiger partial charge in [0.1, 0.15) is 9.21 Å². The number of ether oxygens (including phenoxy) is 1. The summed E-state index contributed by atoms with van der Waals surface area (Å²) in [5.74, 6) is -2.19. The summed E-state index contributed by atoms with van der Waals surface area (Å²) in [6.07, 6.45) is -4.79. The number of amides is 2. The highest BCUT2D eigenvalue weighted by Crippen LogP contribution is 2.37. The number of hydrogen-bond acceptors (Lipinski definition) is 6. The molecule has 174 valence electrons. The third kappa shape index (κ3) is 4.65. The third-order valence-corrected chi connectivity index (χ3v) is 8.40. The number of benzene rings is 1. The number of carbonyl (C=O) groups is 2. The maximum absolute atomic E-state index is 13.2. The molecule has 0 saturated carbocycles. The topological polar surface area (TPSA) is 119 Å². The number of alkyl halides is 3. The highest BCUT2D eigenvalue weighted by Gasteiger charge is 2.41. The average Bonchev–Trinajstić information content (AvgIpc) is 3.11. The Morgan fingerprint density at radius 3 is 2.47 bits per heavy atom. The van der Waals surface area contributed by atoms with E-state index in [9.17, 15) is 31.2 Å². The van der Waals surface area contributed by atoms with Crippen molar-refractivity contribution < 1.29 is 35.9 Å². The molecule has 0 unspecified atom stereocenters. The molecule has 1 aliphatic heterocycles. The van der Waals surface area contributed by atoms with Gasteiger partial charge in [-0.05, 0) is 32.0 Å². The minimum Gasteiger partial charge on any atom is -0.378 e. The summed E-state index contributed by atoms with van der Waals surface area (Å²) in [6.45, 7) is 3.73. The maximum Gasteiger partial charge on any atom is 0.417 e. The van der Waals surface area contributed by atoms with Crippen LogP contribution in [0.4, 0.5) is 18.2 Å². The van der Waals surface area contributed by atoms with Crippen LogP contribution in [0.5, 0.6) is 0 Å². The molecule has 0 spiro atoms. The first kappa shape index (κ1) is 24.2. The Labute approximate surface area is 186 Å². The fourth-order valence-electron chi connectivity index (χ4n) is 3.27. The zero-order chi connectivity index (χ0) is 23.9. The van der Waals surface area contributed by atoms with Crippen LogP contribution in [0.3, 0.4) is 0 Å². The number of nitrogens with zero attached hydrogens (tertiary/aromatic N) is 1. The largest absolute Gasteiger partial charge is 0.417 e. The fourth-order valence-corrected chi connectivity index (χ4v) is 6.50. The van der Waals surface area contributed by atoms with E-state index in [4.69, 9.17) is 10.5 Å². The second-order valence-corrected chi connectivity index (χ2v) is 10.8. The molecule has 32 heavy (non-hydrogen) atoms. The number of nitrogens with one attached hydrogen (secondary N) is 1. The SMILES string of the molecule is CC1(C)COCCN1S(=O)(=O)c1cc(C(N)=O)c(NC(=O)c2ccccc2C(F)(F)F)s1. The average molecular weight is 492 g/mol. The van der Waals surface area contributed by atoms with Crippen molar-refractivity contribution in [1.82, 2.24) is 4.31 Å². The number of hydrogen-bond donors (Lipinski definition) is 2. The van der Waals surface area contributed by atoms with Gasteiger partial charge in [0.25, 0.3) is 21.8 Å². The van der Waals surface area contributed by atoms with Gasteiger partial charge in [-0.3, -0.25) is 9.59 Å².